The third kappa shape index (κ3) is 3.86. The number of aryl methyl sites for hydroxylation is 1. The molecule has 1 aliphatic rings. The Kier molecular flexibility index (Phi) is 5.37. The van der Waals surface area contributed by atoms with Crippen molar-refractivity contribution >= 4 is 45.0 Å². The molecule has 3 N–H and O–H groups in total. The molecule has 1 amide bonds. The molecule has 33 heavy (non-hydrogen) atoms. The Morgan fingerprint density at radius 2 is 2.15 bits per heavy atom. The molecule has 0 aliphatic carbocycles. The molecule has 1 fully saturated rings. The van der Waals surface area contributed by atoms with E-state index in [0.29, 0.717) is 11.8 Å². The third-order valence-electron chi connectivity index (χ3n) is 6.08. The second kappa shape index (κ2) is 8.36. The Morgan fingerprint density at radius 3 is 2.94 bits per heavy atom. The van der Waals surface area contributed by atoms with Crippen molar-refractivity contribution in [1.82, 2.24) is 19.5 Å². The van der Waals surface area contributed by atoms with Crippen LogP contribution in [-0.4, -0.2) is 45.1 Å². The highest BCUT2D eigenvalue weighted by molar-refractivity contribution is 7.17. The number of nitrogens with zero attached hydrogens (tertiary/aromatic N) is 5. The minimum Gasteiger partial charge on any atom is -0.496 e. The van der Waals surface area contributed by atoms with Gasteiger partial charge in [0.15, 0.2) is 11.6 Å². The Bertz CT molecular complexity index is 1350. The zero-order valence-electron chi connectivity index (χ0n) is 18.7. The van der Waals surface area contributed by atoms with Crippen LogP contribution in [0, 0.1) is 13.8 Å². The fourth-order valence-corrected chi connectivity index (χ4v) is 5.06. The number of primary amides is 1. The Balaban J connectivity index is 1.47. The molecule has 10 heteroatoms. The molecule has 1 atom stereocenters. The van der Waals surface area contributed by atoms with Crippen LogP contribution >= 0.6 is 11.3 Å². The van der Waals surface area contributed by atoms with Crippen molar-refractivity contribution in [2.45, 2.75) is 32.7 Å². The first-order valence-electron chi connectivity index (χ1n) is 10.7. The van der Waals surface area contributed by atoms with Crippen LogP contribution in [0.15, 0.2) is 36.1 Å². The van der Waals surface area contributed by atoms with Crippen LogP contribution in [0.1, 0.15) is 24.0 Å². The lowest BCUT2D eigenvalue weighted by atomic mass is 10.1. The molecule has 5 rings (SSSR count). The average Bonchev–Trinajstić information content (AvgIpc) is 3.55. The van der Waals surface area contributed by atoms with Crippen molar-refractivity contribution < 1.29 is 9.53 Å². The molecular formula is C23H25N7O2S. The van der Waals surface area contributed by atoms with Gasteiger partial charge in [-0.25, -0.2) is 9.97 Å². The number of rotatable bonds is 6. The van der Waals surface area contributed by atoms with Crippen LogP contribution in [0.3, 0.4) is 0 Å². The molecule has 1 aromatic carbocycles. The molecule has 0 spiro atoms. The fraction of sp³-hybridized carbons (Fsp3) is 0.304. The van der Waals surface area contributed by atoms with Gasteiger partial charge in [0.2, 0.25) is 11.9 Å². The van der Waals surface area contributed by atoms with Gasteiger partial charge in [-0.15, -0.1) is 11.3 Å². The molecule has 0 bridgehead atoms. The van der Waals surface area contributed by atoms with Crippen molar-refractivity contribution in [3.05, 3.63) is 47.2 Å². The second-order valence-corrected chi connectivity index (χ2v) is 9.06. The van der Waals surface area contributed by atoms with Crippen molar-refractivity contribution in [2.24, 2.45) is 5.73 Å². The van der Waals surface area contributed by atoms with Gasteiger partial charge in [0.1, 0.15) is 18.1 Å². The first-order valence-corrected chi connectivity index (χ1v) is 11.6. The highest BCUT2D eigenvalue weighted by atomic mass is 32.1. The lowest BCUT2D eigenvalue weighted by molar-refractivity contribution is -0.119. The molecule has 0 radical (unpaired) electrons. The Labute approximate surface area is 195 Å². The van der Waals surface area contributed by atoms with E-state index < -0.39 is 0 Å². The summed E-state index contributed by atoms with van der Waals surface area (Å²) >= 11 is 1.56. The number of aromatic nitrogens is 4. The van der Waals surface area contributed by atoms with Gasteiger partial charge < -0.3 is 25.3 Å². The molecule has 1 saturated heterocycles. The SMILES string of the molecule is COc1cc(-n2cnc(Nc3nc(N4CCC[C@H]4C(N)=O)c4sccc4n3)c2)cc(C)c1C. The summed E-state index contributed by atoms with van der Waals surface area (Å²) in [5.74, 6) is 2.28. The van der Waals surface area contributed by atoms with Gasteiger partial charge in [0.25, 0.3) is 0 Å². The molecule has 170 valence electrons. The van der Waals surface area contributed by atoms with E-state index in [0.717, 1.165) is 58.0 Å². The van der Waals surface area contributed by atoms with E-state index in [-0.39, 0.29) is 11.9 Å². The van der Waals surface area contributed by atoms with Crippen LogP contribution in [0.25, 0.3) is 15.9 Å². The highest BCUT2D eigenvalue weighted by Gasteiger charge is 2.32. The average molecular weight is 464 g/mol. The maximum absolute atomic E-state index is 12.0. The summed E-state index contributed by atoms with van der Waals surface area (Å²) in [5, 5.41) is 5.19. The number of carbonyl (C=O) groups is 1. The molecule has 9 nitrogen and oxygen atoms in total. The monoisotopic (exact) mass is 463 g/mol. The highest BCUT2D eigenvalue weighted by Crippen LogP contribution is 2.34. The number of ether oxygens (including phenoxy) is 1. The van der Waals surface area contributed by atoms with Crippen LogP contribution in [0.5, 0.6) is 5.75 Å². The van der Waals surface area contributed by atoms with Crippen molar-refractivity contribution in [2.75, 3.05) is 23.9 Å². The van der Waals surface area contributed by atoms with E-state index in [9.17, 15) is 4.79 Å². The maximum atomic E-state index is 12.0. The van der Waals surface area contributed by atoms with E-state index >= 15 is 0 Å². The maximum Gasteiger partial charge on any atom is 0.240 e. The molecule has 0 saturated carbocycles. The Hall–Kier alpha value is -3.66. The molecule has 3 aromatic heterocycles. The van der Waals surface area contributed by atoms with Gasteiger partial charge in [-0.2, -0.15) is 4.98 Å². The van der Waals surface area contributed by atoms with E-state index in [1.165, 1.54) is 0 Å². The minimum atomic E-state index is -0.350. The van der Waals surface area contributed by atoms with E-state index in [2.05, 4.69) is 28.3 Å². The predicted octanol–water partition coefficient (Wildman–Crippen LogP) is 3.70. The van der Waals surface area contributed by atoms with Gasteiger partial charge in [-0.05, 0) is 55.3 Å². The fourth-order valence-electron chi connectivity index (χ4n) is 4.23. The van der Waals surface area contributed by atoms with Crippen molar-refractivity contribution in [1.29, 1.82) is 0 Å². The first kappa shape index (κ1) is 21.2. The smallest absolute Gasteiger partial charge is 0.240 e. The first-order chi connectivity index (χ1) is 15.9. The number of methoxy groups -OCH3 is 1. The van der Waals surface area contributed by atoms with Crippen molar-refractivity contribution in [3.8, 4) is 11.4 Å². The summed E-state index contributed by atoms with van der Waals surface area (Å²) in [6.45, 7) is 4.83. The van der Waals surface area contributed by atoms with Gasteiger partial charge in [0, 0.05) is 12.6 Å². The molecule has 4 aromatic rings. The van der Waals surface area contributed by atoms with Crippen LogP contribution in [0.4, 0.5) is 17.6 Å². The number of carbonyl (C=O) groups excluding carboxylic acids is 1. The number of amides is 1. The van der Waals surface area contributed by atoms with E-state index in [1.807, 2.05) is 40.1 Å². The molecule has 4 heterocycles. The van der Waals surface area contributed by atoms with E-state index in [4.69, 9.17) is 15.5 Å². The number of hydrogen-bond donors (Lipinski definition) is 2. The van der Waals surface area contributed by atoms with Gasteiger partial charge in [-0.3, -0.25) is 4.79 Å². The summed E-state index contributed by atoms with van der Waals surface area (Å²) in [5.41, 5.74) is 9.67. The number of anilines is 3. The number of thiophene rings is 1. The summed E-state index contributed by atoms with van der Waals surface area (Å²) in [7, 11) is 1.67. The number of nitrogens with one attached hydrogen (secondary N) is 1. The molecule has 0 unspecified atom stereocenters. The van der Waals surface area contributed by atoms with Crippen LogP contribution in [-0.2, 0) is 4.79 Å². The number of hydrogen-bond acceptors (Lipinski definition) is 8. The van der Waals surface area contributed by atoms with Crippen molar-refractivity contribution in [3.63, 3.8) is 0 Å². The number of fused-ring (bicyclic) bond motifs is 1. The summed E-state index contributed by atoms with van der Waals surface area (Å²) in [6, 6.07) is 5.67. The zero-order chi connectivity index (χ0) is 23.1. The quantitative estimate of drug-likeness (QED) is 0.448. The predicted molar refractivity (Wildman–Crippen MR) is 130 cm³/mol. The van der Waals surface area contributed by atoms with Gasteiger partial charge >= 0.3 is 0 Å². The summed E-state index contributed by atoms with van der Waals surface area (Å²) in [6.07, 6.45) is 5.25. The van der Waals surface area contributed by atoms with Gasteiger partial charge in [0.05, 0.1) is 29.2 Å². The number of benzene rings is 1. The Morgan fingerprint density at radius 1 is 1.30 bits per heavy atom. The normalized spacial score (nSPS) is 15.8. The number of nitrogens with two attached hydrogens (primary N) is 1. The third-order valence-corrected chi connectivity index (χ3v) is 6.98. The second-order valence-electron chi connectivity index (χ2n) is 8.14. The zero-order valence-corrected chi connectivity index (χ0v) is 19.5. The van der Waals surface area contributed by atoms with E-state index in [1.54, 1.807) is 24.8 Å². The summed E-state index contributed by atoms with van der Waals surface area (Å²) < 4.78 is 8.37. The lowest BCUT2D eigenvalue weighted by Crippen LogP contribution is -2.40. The number of imidazole rings is 1. The lowest BCUT2D eigenvalue weighted by Gasteiger charge is -2.24. The molecular weight excluding hydrogens is 438 g/mol. The van der Waals surface area contributed by atoms with Gasteiger partial charge in [-0.1, -0.05) is 0 Å². The minimum absolute atomic E-state index is 0.326. The van der Waals surface area contributed by atoms with Crippen LogP contribution < -0.4 is 20.7 Å². The molecule has 1 aliphatic heterocycles. The largest absolute Gasteiger partial charge is 0.496 e. The topological polar surface area (TPSA) is 111 Å². The summed E-state index contributed by atoms with van der Waals surface area (Å²) in [4.78, 5) is 27.8. The standard InChI is InChI=1S/C23H25N7O2S/c1-13-9-15(10-18(32-3)14(13)2)29-11-19(25-12-29)27-23-26-16-6-8-33-20(16)22(28-23)30-7-4-5-17(30)21(24)31/h6,8-12,17H,4-5,7H2,1-3H3,(H2,24,31)(H,26,27,28)/t17-/m0/s1. The van der Waals surface area contributed by atoms with Crippen LogP contribution in [0.2, 0.25) is 0 Å².